The van der Waals surface area contributed by atoms with E-state index in [1.54, 1.807) is 12.4 Å². The topological polar surface area (TPSA) is 28.2 Å². The van der Waals surface area contributed by atoms with Crippen molar-refractivity contribution in [3.63, 3.8) is 0 Å². The van der Waals surface area contributed by atoms with Gasteiger partial charge in [-0.2, -0.15) is 0 Å². The van der Waals surface area contributed by atoms with Crippen LogP contribution in [0.5, 0.6) is 0 Å². The van der Waals surface area contributed by atoms with E-state index in [0.29, 0.717) is 0 Å². The van der Waals surface area contributed by atoms with Gasteiger partial charge < -0.3 is 10.6 Å². The first-order chi connectivity index (χ1) is 5.21. The van der Waals surface area contributed by atoms with Crippen molar-refractivity contribution in [2.45, 2.75) is 52.6 Å². The Hall–Kier alpha value is -0.660. The van der Waals surface area contributed by atoms with E-state index >= 15 is 0 Å². The van der Waals surface area contributed by atoms with Crippen LogP contribution in [-0.2, 0) is 0 Å². The minimum absolute atomic E-state index is 0.00387. The van der Waals surface area contributed by atoms with Crippen molar-refractivity contribution in [2.24, 2.45) is 0 Å². The predicted molar refractivity (Wildman–Crippen MR) is 55.4 cm³/mol. The molecule has 0 aromatic rings. The molecule has 72 valence electrons. The van der Waals surface area contributed by atoms with E-state index in [-0.39, 0.29) is 11.1 Å². The van der Waals surface area contributed by atoms with Crippen LogP contribution in [0, 0.1) is 0 Å². The summed E-state index contributed by atoms with van der Waals surface area (Å²) in [5.74, 6) is 0. The second-order valence-corrected chi connectivity index (χ2v) is 4.90. The van der Waals surface area contributed by atoms with Gasteiger partial charge in [0.15, 0.2) is 0 Å². The Morgan fingerprint density at radius 3 is 1.08 bits per heavy atom. The maximum atomic E-state index is 4.29. The quantitative estimate of drug-likeness (QED) is 0.600. The Morgan fingerprint density at radius 1 is 0.667 bits per heavy atom. The number of rotatable bonds is 2. The summed E-state index contributed by atoms with van der Waals surface area (Å²) in [6.07, 6.45) is 3.54. The molecule has 0 aromatic heterocycles. The molecule has 0 saturated heterocycles. The molecule has 0 heterocycles. The molecule has 0 spiro atoms. The maximum absolute atomic E-state index is 4.29. The molecule has 0 fully saturated rings. The van der Waals surface area contributed by atoms with Gasteiger partial charge in [0.05, 0.1) is 0 Å². The lowest BCUT2D eigenvalue weighted by Crippen LogP contribution is -2.11. The van der Waals surface area contributed by atoms with Crippen LogP contribution in [0.2, 0.25) is 0 Å². The molecular formula is C10H20N2-2. The summed E-state index contributed by atoms with van der Waals surface area (Å²) < 4.78 is 0. The fourth-order valence-corrected chi connectivity index (χ4v) is 0.514. The molecule has 0 aliphatic rings. The van der Waals surface area contributed by atoms with Crippen molar-refractivity contribution in [2.75, 3.05) is 0 Å². The van der Waals surface area contributed by atoms with E-state index in [2.05, 4.69) is 52.2 Å². The van der Waals surface area contributed by atoms with Crippen LogP contribution in [0.15, 0.2) is 12.4 Å². The molecule has 0 unspecified atom stereocenters. The predicted octanol–water partition coefficient (Wildman–Crippen LogP) is 3.80. The second-order valence-electron chi connectivity index (χ2n) is 4.90. The average Bonchev–Trinajstić information content (AvgIpc) is 1.76. The van der Waals surface area contributed by atoms with Crippen molar-refractivity contribution in [3.05, 3.63) is 23.0 Å². The Bertz CT molecular complexity index is 128. The minimum Gasteiger partial charge on any atom is -0.687 e. The fraction of sp³-hybridized carbons (Fsp3) is 0.800. The van der Waals surface area contributed by atoms with Gasteiger partial charge in [0.25, 0.3) is 0 Å². The molecular weight excluding hydrogens is 148 g/mol. The highest BCUT2D eigenvalue weighted by Gasteiger charge is 1.92. The first-order valence-corrected chi connectivity index (χ1v) is 4.30. The summed E-state index contributed by atoms with van der Waals surface area (Å²) in [6.45, 7) is 12.4. The summed E-state index contributed by atoms with van der Waals surface area (Å²) in [4.78, 5) is 0. The van der Waals surface area contributed by atoms with Crippen LogP contribution in [0.1, 0.15) is 41.5 Å². The largest absolute Gasteiger partial charge is 0.687 e. The van der Waals surface area contributed by atoms with E-state index in [4.69, 9.17) is 0 Å². The number of nitrogens with zero attached hydrogens (tertiary/aromatic N) is 2. The molecule has 12 heavy (non-hydrogen) atoms. The zero-order chi connectivity index (χ0) is 9.83. The highest BCUT2D eigenvalue weighted by Crippen LogP contribution is 2.18. The normalized spacial score (nSPS) is 13.5. The zero-order valence-electron chi connectivity index (χ0n) is 9.05. The van der Waals surface area contributed by atoms with E-state index < -0.39 is 0 Å². The average molecular weight is 168 g/mol. The van der Waals surface area contributed by atoms with Crippen LogP contribution in [0.3, 0.4) is 0 Å². The van der Waals surface area contributed by atoms with Crippen molar-refractivity contribution in [3.8, 4) is 0 Å². The van der Waals surface area contributed by atoms with Crippen LogP contribution < -0.4 is 0 Å². The van der Waals surface area contributed by atoms with Crippen molar-refractivity contribution < 1.29 is 0 Å². The van der Waals surface area contributed by atoms with Gasteiger partial charge in [-0.3, -0.25) is 0 Å². The van der Waals surface area contributed by atoms with Gasteiger partial charge in [-0.15, -0.1) is 11.1 Å². The Labute approximate surface area is 76.4 Å². The van der Waals surface area contributed by atoms with Gasteiger partial charge >= 0.3 is 0 Å². The molecule has 0 saturated carbocycles. The minimum atomic E-state index is 0.00387. The molecule has 0 aliphatic carbocycles. The van der Waals surface area contributed by atoms with Crippen molar-refractivity contribution in [1.82, 2.24) is 0 Å². The van der Waals surface area contributed by atoms with Gasteiger partial charge in [-0.05, 0) is 0 Å². The molecule has 0 radical (unpaired) electrons. The summed E-state index contributed by atoms with van der Waals surface area (Å²) in [5, 5.41) is 8.57. The van der Waals surface area contributed by atoms with Crippen LogP contribution in [-0.4, -0.2) is 11.1 Å². The van der Waals surface area contributed by atoms with Crippen LogP contribution in [0.25, 0.3) is 10.6 Å². The third kappa shape index (κ3) is 9.34. The van der Waals surface area contributed by atoms with Gasteiger partial charge in [-0.25, -0.2) is 12.4 Å². The second kappa shape index (κ2) is 3.83. The summed E-state index contributed by atoms with van der Waals surface area (Å²) in [7, 11) is 0. The highest BCUT2D eigenvalue weighted by atomic mass is 15.0. The van der Waals surface area contributed by atoms with E-state index in [1.807, 2.05) is 0 Å². The Kier molecular flexibility index (Phi) is 3.62. The first kappa shape index (κ1) is 11.3. The molecule has 2 nitrogen and oxygen atoms in total. The van der Waals surface area contributed by atoms with Gasteiger partial charge in [-0.1, -0.05) is 41.5 Å². The lowest BCUT2D eigenvalue weighted by molar-refractivity contribution is 0.659. The Balaban J connectivity index is 3.66. The maximum Gasteiger partial charge on any atom is -0.0765 e. The van der Waals surface area contributed by atoms with Crippen LogP contribution in [0.4, 0.5) is 0 Å². The highest BCUT2D eigenvalue weighted by molar-refractivity contribution is 5.18. The molecule has 0 bridgehead atoms. The molecule has 0 amide bonds. The van der Waals surface area contributed by atoms with Crippen molar-refractivity contribution >= 4 is 0 Å². The lowest BCUT2D eigenvalue weighted by atomic mass is 10.1. The number of hydrogen-bond donors (Lipinski definition) is 0. The summed E-state index contributed by atoms with van der Waals surface area (Å²) >= 11 is 0. The molecule has 0 rings (SSSR count). The van der Waals surface area contributed by atoms with Gasteiger partial charge in [0.2, 0.25) is 0 Å². The van der Waals surface area contributed by atoms with E-state index in [9.17, 15) is 0 Å². The molecule has 0 atom stereocenters. The smallest absolute Gasteiger partial charge is 0.0765 e. The SMILES string of the molecule is CC(C)(C)[N-]/C=C\[N-]C(C)(C)C. The molecule has 0 aliphatic heterocycles. The Morgan fingerprint density at radius 2 is 0.917 bits per heavy atom. The summed E-state index contributed by atoms with van der Waals surface area (Å²) in [6, 6.07) is 0. The molecule has 0 N–H and O–H groups in total. The first-order valence-electron chi connectivity index (χ1n) is 4.30. The van der Waals surface area contributed by atoms with Crippen LogP contribution >= 0.6 is 0 Å². The monoisotopic (exact) mass is 168 g/mol. The lowest BCUT2D eigenvalue weighted by Gasteiger charge is -2.39. The zero-order valence-corrected chi connectivity index (χ0v) is 9.05. The van der Waals surface area contributed by atoms with E-state index in [0.717, 1.165) is 0 Å². The molecule has 2 heteroatoms. The fourth-order valence-electron chi connectivity index (χ4n) is 0.514. The van der Waals surface area contributed by atoms with Gasteiger partial charge in [0.1, 0.15) is 0 Å². The standard InChI is InChI=1S/C10H20N2/c1-9(2,3)11-7-8-12-10(4,5)6/h7-8H,1-6H3/q-2/b8-7-. The van der Waals surface area contributed by atoms with Gasteiger partial charge in [0, 0.05) is 0 Å². The van der Waals surface area contributed by atoms with E-state index in [1.165, 1.54) is 0 Å². The number of hydrogen-bond acceptors (Lipinski definition) is 0. The van der Waals surface area contributed by atoms with Crippen molar-refractivity contribution in [1.29, 1.82) is 0 Å². The summed E-state index contributed by atoms with van der Waals surface area (Å²) in [5.41, 5.74) is 0.00775. The third-order valence-electron chi connectivity index (χ3n) is 0.990. The third-order valence-corrected chi connectivity index (χ3v) is 0.990. The molecule has 0 aromatic carbocycles.